The minimum Gasteiger partial charge on any atom is -0.379 e. The van der Waals surface area contributed by atoms with E-state index < -0.39 is 4.92 Å². The summed E-state index contributed by atoms with van der Waals surface area (Å²) in [5.41, 5.74) is 0.700. The van der Waals surface area contributed by atoms with E-state index in [1.54, 1.807) is 11.6 Å². The number of ether oxygens (including phenoxy) is 1. The minimum absolute atomic E-state index is 0.0880. The first-order chi connectivity index (χ1) is 8.59. The molecule has 2 rings (SSSR count). The predicted molar refractivity (Wildman–Crippen MR) is 65.5 cm³/mol. The van der Waals surface area contributed by atoms with Crippen LogP contribution in [0, 0.1) is 17.0 Å². The number of hydrogen-bond donors (Lipinski definition) is 0. The molecule has 0 N–H and O–H groups in total. The molecule has 0 aromatic carbocycles. The number of morpholine rings is 1. The Morgan fingerprint density at radius 2 is 2.39 bits per heavy atom. The number of nitro groups is 1. The van der Waals surface area contributed by atoms with Gasteiger partial charge >= 0.3 is 5.69 Å². The van der Waals surface area contributed by atoms with E-state index in [-0.39, 0.29) is 5.69 Å². The van der Waals surface area contributed by atoms with E-state index in [4.69, 9.17) is 4.74 Å². The molecule has 7 heteroatoms. The molecule has 1 saturated heterocycles. The van der Waals surface area contributed by atoms with Gasteiger partial charge in [-0.3, -0.25) is 19.7 Å². The molecule has 0 unspecified atom stereocenters. The van der Waals surface area contributed by atoms with Crippen molar-refractivity contribution >= 4 is 5.69 Å². The lowest BCUT2D eigenvalue weighted by Crippen LogP contribution is -2.45. The summed E-state index contributed by atoms with van der Waals surface area (Å²) in [5.74, 6) is 0. The lowest BCUT2D eigenvalue weighted by atomic mass is 10.2. The fourth-order valence-electron chi connectivity index (χ4n) is 2.16. The number of aromatic nitrogens is 2. The fraction of sp³-hybridized carbons (Fsp3) is 0.727. The summed E-state index contributed by atoms with van der Waals surface area (Å²) in [6, 6.07) is 0.393. The van der Waals surface area contributed by atoms with Gasteiger partial charge in [0.05, 0.1) is 24.7 Å². The molecular formula is C11H18N4O3. The van der Waals surface area contributed by atoms with Crippen LogP contribution in [0.3, 0.4) is 0 Å². The molecule has 100 valence electrons. The van der Waals surface area contributed by atoms with Gasteiger partial charge in [0, 0.05) is 19.1 Å². The van der Waals surface area contributed by atoms with Crippen molar-refractivity contribution in [3.63, 3.8) is 0 Å². The van der Waals surface area contributed by atoms with E-state index >= 15 is 0 Å². The molecule has 1 fully saturated rings. The Hall–Kier alpha value is -1.47. The van der Waals surface area contributed by atoms with Crippen LogP contribution in [0.1, 0.15) is 12.6 Å². The van der Waals surface area contributed by atoms with Gasteiger partial charge in [-0.05, 0) is 13.8 Å². The van der Waals surface area contributed by atoms with Crippen molar-refractivity contribution in [3.05, 3.63) is 22.0 Å². The van der Waals surface area contributed by atoms with Crippen molar-refractivity contribution in [2.24, 2.45) is 0 Å². The molecule has 1 aliphatic rings. The summed E-state index contributed by atoms with van der Waals surface area (Å²) in [7, 11) is 0. The molecular weight excluding hydrogens is 236 g/mol. The van der Waals surface area contributed by atoms with Crippen molar-refractivity contribution in [2.75, 3.05) is 26.3 Å². The smallest absolute Gasteiger partial charge is 0.309 e. The van der Waals surface area contributed by atoms with Crippen molar-refractivity contribution in [2.45, 2.75) is 26.4 Å². The Morgan fingerprint density at radius 3 is 3.00 bits per heavy atom. The third-order valence-electron chi connectivity index (χ3n) is 3.38. The summed E-state index contributed by atoms with van der Waals surface area (Å²) >= 11 is 0. The van der Waals surface area contributed by atoms with E-state index in [1.807, 2.05) is 0 Å². The predicted octanol–water partition coefficient (Wildman–Crippen LogP) is 0.820. The van der Waals surface area contributed by atoms with Crippen LogP contribution in [0.15, 0.2) is 6.20 Å². The van der Waals surface area contributed by atoms with Gasteiger partial charge in [0.2, 0.25) is 0 Å². The Balaban J connectivity index is 1.95. The molecule has 0 spiro atoms. The molecule has 0 radical (unpaired) electrons. The van der Waals surface area contributed by atoms with Gasteiger partial charge in [0.15, 0.2) is 0 Å². The first kappa shape index (κ1) is 13.0. The second-order valence-electron chi connectivity index (χ2n) is 4.56. The molecule has 1 aliphatic heterocycles. The Kier molecular flexibility index (Phi) is 3.93. The van der Waals surface area contributed by atoms with Gasteiger partial charge in [0.1, 0.15) is 11.9 Å². The molecule has 18 heavy (non-hydrogen) atoms. The van der Waals surface area contributed by atoms with Crippen LogP contribution in [0.25, 0.3) is 0 Å². The zero-order chi connectivity index (χ0) is 13.1. The minimum atomic E-state index is -0.393. The number of nitrogens with zero attached hydrogens (tertiary/aromatic N) is 4. The van der Waals surface area contributed by atoms with E-state index in [2.05, 4.69) is 16.9 Å². The zero-order valence-corrected chi connectivity index (χ0v) is 10.7. The second-order valence-corrected chi connectivity index (χ2v) is 4.56. The average Bonchev–Trinajstić information content (AvgIpc) is 2.70. The quantitative estimate of drug-likeness (QED) is 0.587. The Labute approximate surface area is 105 Å². The normalized spacial score (nSPS) is 21.1. The van der Waals surface area contributed by atoms with E-state index in [0.29, 0.717) is 18.3 Å². The van der Waals surface area contributed by atoms with Crippen molar-refractivity contribution in [1.82, 2.24) is 14.7 Å². The standard InChI is InChI=1S/C11H18N4O3/c1-9-8-18-6-5-13(9)3-4-14-10(2)11(7-12-14)15(16)17/h7,9H,3-6,8H2,1-2H3/t9-/m0/s1. The van der Waals surface area contributed by atoms with Crippen molar-refractivity contribution in [3.8, 4) is 0 Å². The highest BCUT2D eigenvalue weighted by molar-refractivity contribution is 5.31. The van der Waals surface area contributed by atoms with Crippen LogP contribution >= 0.6 is 0 Å². The maximum absolute atomic E-state index is 10.7. The second kappa shape index (κ2) is 5.45. The van der Waals surface area contributed by atoms with Crippen LogP contribution in [0.4, 0.5) is 5.69 Å². The maximum atomic E-state index is 10.7. The topological polar surface area (TPSA) is 73.4 Å². The molecule has 1 atom stereocenters. The summed E-state index contributed by atoms with van der Waals surface area (Å²) < 4.78 is 7.06. The fourth-order valence-corrected chi connectivity index (χ4v) is 2.16. The Morgan fingerprint density at radius 1 is 1.61 bits per heavy atom. The Bertz CT molecular complexity index is 432. The lowest BCUT2D eigenvalue weighted by molar-refractivity contribution is -0.385. The van der Waals surface area contributed by atoms with E-state index in [0.717, 1.165) is 26.3 Å². The number of rotatable bonds is 4. The largest absolute Gasteiger partial charge is 0.379 e. The molecule has 0 aliphatic carbocycles. The zero-order valence-electron chi connectivity index (χ0n) is 10.7. The summed E-state index contributed by atoms with van der Waals surface area (Å²) in [6.45, 7) is 7.77. The molecule has 0 amide bonds. The van der Waals surface area contributed by atoms with Crippen LogP contribution < -0.4 is 0 Å². The van der Waals surface area contributed by atoms with Crippen molar-refractivity contribution < 1.29 is 9.66 Å². The van der Waals surface area contributed by atoms with Crippen LogP contribution in [-0.4, -0.2) is 51.9 Å². The third-order valence-corrected chi connectivity index (χ3v) is 3.38. The summed E-state index contributed by atoms with van der Waals surface area (Å²) in [4.78, 5) is 12.6. The highest BCUT2D eigenvalue weighted by Crippen LogP contribution is 2.16. The molecule has 1 aromatic heterocycles. The van der Waals surface area contributed by atoms with Gasteiger partial charge < -0.3 is 4.74 Å². The molecule has 0 bridgehead atoms. The van der Waals surface area contributed by atoms with Gasteiger partial charge in [-0.2, -0.15) is 5.10 Å². The maximum Gasteiger partial charge on any atom is 0.309 e. The monoisotopic (exact) mass is 254 g/mol. The van der Waals surface area contributed by atoms with Crippen LogP contribution in [0.5, 0.6) is 0 Å². The van der Waals surface area contributed by atoms with E-state index in [1.165, 1.54) is 6.20 Å². The van der Waals surface area contributed by atoms with Crippen molar-refractivity contribution in [1.29, 1.82) is 0 Å². The van der Waals surface area contributed by atoms with Gasteiger partial charge in [-0.15, -0.1) is 0 Å². The highest BCUT2D eigenvalue weighted by Gasteiger charge is 2.20. The van der Waals surface area contributed by atoms with Gasteiger partial charge in [-0.25, -0.2) is 0 Å². The van der Waals surface area contributed by atoms with Gasteiger partial charge in [0.25, 0.3) is 0 Å². The van der Waals surface area contributed by atoms with Crippen LogP contribution in [0.2, 0.25) is 0 Å². The first-order valence-corrected chi connectivity index (χ1v) is 6.08. The average molecular weight is 254 g/mol. The first-order valence-electron chi connectivity index (χ1n) is 6.08. The summed E-state index contributed by atoms with van der Waals surface area (Å²) in [6.07, 6.45) is 1.32. The lowest BCUT2D eigenvalue weighted by Gasteiger charge is -2.33. The summed E-state index contributed by atoms with van der Waals surface area (Å²) in [5, 5.41) is 14.8. The molecule has 0 saturated carbocycles. The van der Waals surface area contributed by atoms with E-state index in [9.17, 15) is 10.1 Å². The number of hydrogen-bond acceptors (Lipinski definition) is 5. The molecule has 2 heterocycles. The third kappa shape index (κ3) is 2.68. The van der Waals surface area contributed by atoms with Gasteiger partial charge in [-0.1, -0.05) is 0 Å². The molecule has 7 nitrogen and oxygen atoms in total. The SMILES string of the molecule is Cc1c([N+](=O)[O-])cnn1CCN1CCOC[C@@H]1C. The molecule has 1 aromatic rings. The van der Waals surface area contributed by atoms with Crippen LogP contribution in [-0.2, 0) is 11.3 Å². The highest BCUT2D eigenvalue weighted by atomic mass is 16.6.